The first-order chi connectivity index (χ1) is 9.38. The van der Waals surface area contributed by atoms with Gasteiger partial charge in [-0.1, -0.05) is 6.07 Å². The molecule has 0 spiro atoms. The number of rotatable bonds is 4. The van der Waals surface area contributed by atoms with Crippen molar-refractivity contribution in [3.8, 4) is 11.5 Å². The van der Waals surface area contributed by atoms with Crippen LogP contribution in [-0.4, -0.2) is 45.0 Å². The van der Waals surface area contributed by atoms with Gasteiger partial charge in [-0.05, 0) is 11.6 Å². The summed E-state index contributed by atoms with van der Waals surface area (Å²) in [6.07, 6.45) is 0. The van der Waals surface area contributed by atoms with Crippen molar-refractivity contribution in [2.24, 2.45) is 0 Å². The van der Waals surface area contributed by atoms with Gasteiger partial charge in [0.25, 0.3) is 0 Å². The van der Waals surface area contributed by atoms with Crippen LogP contribution in [0.25, 0.3) is 0 Å². The van der Waals surface area contributed by atoms with Crippen LogP contribution >= 0.6 is 0 Å². The number of hydrogen-bond donors (Lipinski definition) is 1. The molecule has 0 atom stereocenters. The molecule has 1 fully saturated rings. The van der Waals surface area contributed by atoms with Crippen molar-refractivity contribution < 1.29 is 14.2 Å². The highest BCUT2D eigenvalue weighted by molar-refractivity contribution is 5.52. The van der Waals surface area contributed by atoms with Gasteiger partial charge in [0, 0.05) is 45.4 Å². The number of ether oxygens (including phenoxy) is 3. The summed E-state index contributed by atoms with van der Waals surface area (Å²) in [7, 11) is 1.72. The third kappa shape index (κ3) is 2.68. The molecule has 2 aliphatic heterocycles. The van der Waals surface area contributed by atoms with E-state index in [1.807, 2.05) is 6.07 Å². The second kappa shape index (κ2) is 5.77. The zero-order valence-corrected chi connectivity index (χ0v) is 11.3. The number of piperazine rings is 1. The summed E-state index contributed by atoms with van der Waals surface area (Å²) in [4.78, 5) is 2.44. The molecule has 5 heteroatoms. The molecule has 2 aliphatic rings. The molecule has 1 N–H and O–H groups in total. The van der Waals surface area contributed by atoms with E-state index in [9.17, 15) is 0 Å². The van der Waals surface area contributed by atoms with Gasteiger partial charge in [0.15, 0.2) is 11.5 Å². The van der Waals surface area contributed by atoms with Crippen LogP contribution in [0.5, 0.6) is 11.5 Å². The Morgan fingerprint density at radius 2 is 2.11 bits per heavy atom. The fourth-order valence-electron chi connectivity index (χ4n) is 2.63. The minimum absolute atomic E-state index is 0.320. The van der Waals surface area contributed by atoms with Crippen LogP contribution in [0.2, 0.25) is 0 Å². The van der Waals surface area contributed by atoms with E-state index in [0.29, 0.717) is 13.4 Å². The molecule has 0 aromatic heterocycles. The number of nitrogens with one attached hydrogen (secondary N) is 1. The minimum atomic E-state index is 0.320. The van der Waals surface area contributed by atoms with Gasteiger partial charge in [0.2, 0.25) is 6.79 Å². The molecule has 1 aromatic carbocycles. The van der Waals surface area contributed by atoms with Crippen LogP contribution in [-0.2, 0) is 17.9 Å². The Hall–Kier alpha value is -1.30. The van der Waals surface area contributed by atoms with E-state index in [1.54, 1.807) is 7.11 Å². The Morgan fingerprint density at radius 1 is 1.26 bits per heavy atom. The summed E-state index contributed by atoms with van der Waals surface area (Å²) < 4.78 is 16.4. The van der Waals surface area contributed by atoms with Crippen molar-refractivity contribution >= 4 is 0 Å². The fraction of sp³-hybridized carbons (Fsp3) is 0.571. The molecule has 0 unspecified atom stereocenters. The van der Waals surface area contributed by atoms with Gasteiger partial charge in [0.05, 0.1) is 6.61 Å². The van der Waals surface area contributed by atoms with Crippen molar-refractivity contribution in [1.29, 1.82) is 0 Å². The molecular formula is C14H20N2O3. The van der Waals surface area contributed by atoms with Crippen LogP contribution in [0.1, 0.15) is 11.1 Å². The maximum atomic E-state index is 5.64. The highest BCUT2D eigenvalue weighted by Crippen LogP contribution is 2.38. The van der Waals surface area contributed by atoms with Crippen molar-refractivity contribution in [3.63, 3.8) is 0 Å². The lowest BCUT2D eigenvalue weighted by molar-refractivity contribution is 0.168. The van der Waals surface area contributed by atoms with E-state index in [2.05, 4.69) is 16.3 Å². The molecule has 0 radical (unpaired) electrons. The molecule has 0 saturated carbocycles. The largest absolute Gasteiger partial charge is 0.454 e. The predicted molar refractivity (Wildman–Crippen MR) is 71.4 cm³/mol. The smallest absolute Gasteiger partial charge is 0.231 e. The van der Waals surface area contributed by atoms with E-state index in [1.165, 1.54) is 11.1 Å². The maximum absolute atomic E-state index is 5.64. The average molecular weight is 264 g/mol. The van der Waals surface area contributed by atoms with Gasteiger partial charge >= 0.3 is 0 Å². The van der Waals surface area contributed by atoms with Crippen molar-refractivity contribution in [3.05, 3.63) is 23.3 Å². The first-order valence-corrected chi connectivity index (χ1v) is 6.71. The van der Waals surface area contributed by atoms with Crippen molar-refractivity contribution in [2.45, 2.75) is 13.2 Å². The van der Waals surface area contributed by atoms with E-state index in [4.69, 9.17) is 14.2 Å². The first kappa shape index (κ1) is 12.7. The maximum Gasteiger partial charge on any atom is 0.231 e. The number of methoxy groups -OCH3 is 1. The fourth-order valence-corrected chi connectivity index (χ4v) is 2.63. The lowest BCUT2D eigenvalue weighted by Gasteiger charge is -2.28. The highest BCUT2D eigenvalue weighted by atomic mass is 16.7. The van der Waals surface area contributed by atoms with Gasteiger partial charge in [-0.15, -0.1) is 0 Å². The Labute approximate surface area is 113 Å². The van der Waals surface area contributed by atoms with E-state index < -0.39 is 0 Å². The lowest BCUT2D eigenvalue weighted by atomic mass is 10.1. The Kier molecular flexibility index (Phi) is 3.87. The molecule has 3 rings (SSSR count). The molecular weight excluding hydrogens is 244 g/mol. The molecule has 5 nitrogen and oxygen atoms in total. The molecule has 0 amide bonds. The van der Waals surface area contributed by atoms with Crippen molar-refractivity contribution in [2.75, 3.05) is 40.1 Å². The van der Waals surface area contributed by atoms with Gasteiger partial charge in [-0.3, -0.25) is 4.90 Å². The summed E-state index contributed by atoms with van der Waals surface area (Å²) in [5, 5.41) is 3.37. The van der Waals surface area contributed by atoms with E-state index in [0.717, 1.165) is 44.2 Å². The Bertz CT molecular complexity index is 445. The molecule has 0 aliphatic carbocycles. The second-order valence-electron chi connectivity index (χ2n) is 4.90. The predicted octanol–water partition coefficient (Wildman–Crippen LogP) is 0.967. The quantitative estimate of drug-likeness (QED) is 0.877. The van der Waals surface area contributed by atoms with Gasteiger partial charge < -0.3 is 19.5 Å². The van der Waals surface area contributed by atoms with Crippen LogP contribution in [0.15, 0.2) is 12.1 Å². The molecule has 2 heterocycles. The summed E-state index contributed by atoms with van der Waals surface area (Å²) in [5.41, 5.74) is 2.39. The average Bonchev–Trinajstić information content (AvgIpc) is 2.91. The number of benzene rings is 1. The Morgan fingerprint density at radius 3 is 2.89 bits per heavy atom. The highest BCUT2D eigenvalue weighted by Gasteiger charge is 2.23. The molecule has 104 valence electrons. The third-order valence-corrected chi connectivity index (χ3v) is 3.63. The van der Waals surface area contributed by atoms with Crippen LogP contribution in [0.4, 0.5) is 0 Å². The van der Waals surface area contributed by atoms with Crippen LogP contribution in [0.3, 0.4) is 0 Å². The zero-order chi connectivity index (χ0) is 13.1. The second-order valence-corrected chi connectivity index (χ2v) is 4.90. The summed E-state index contributed by atoms with van der Waals surface area (Å²) in [6, 6.07) is 4.05. The summed E-state index contributed by atoms with van der Waals surface area (Å²) in [5.74, 6) is 1.75. The molecule has 1 aromatic rings. The van der Waals surface area contributed by atoms with E-state index >= 15 is 0 Å². The van der Waals surface area contributed by atoms with Gasteiger partial charge in [0.1, 0.15) is 0 Å². The zero-order valence-electron chi connectivity index (χ0n) is 11.3. The van der Waals surface area contributed by atoms with Gasteiger partial charge in [-0.25, -0.2) is 0 Å². The normalized spacial score (nSPS) is 18.8. The summed E-state index contributed by atoms with van der Waals surface area (Å²) in [6.45, 7) is 6.05. The third-order valence-electron chi connectivity index (χ3n) is 3.63. The van der Waals surface area contributed by atoms with Gasteiger partial charge in [-0.2, -0.15) is 0 Å². The topological polar surface area (TPSA) is 43.0 Å². The number of fused-ring (bicyclic) bond motifs is 1. The van der Waals surface area contributed by atoms with E-state index in [-0.39, 0.29) is 0 Å². The molecule has 0 bridgehead atoms. The monoisotopic (exact) mass is 264 g/mol. The molecule has 1 saturated heterocycles. The SMILES string of the molecule is COCc1ccc2c(c1CN1CCNCC1)OCO2. The Balaban J connectivity index is 1.86. The van der Waals surface area contributed by atoms with Crippen LogP contribution in [0, 0.1) is 0 Å². The lowest BCUT2D eigenvalue weighted by Crippen LogP contribution is -2.43. The van der Waals surface area contributed by atoms with Crippen LogP contribution < -0.4 is 14.8 Å². The number of nitrogens with zero attached hydrogens (tertiary/aromatic N) is 1. The summed E-state index contributed by atoms with van der Waals surface area (Å²) >= 11 is 0. The molecule has 19 heavy (non-hydrogen) atoms. The standard InChI is InChI=1S/C14H20N2O3/c1-17-9-11-2-3-13-14(19-10-18-13)12(11)8-16-6-4-15-5-7-16/h2-3,15H,4-10H2,1H3. The van der Waals surface area contributed by atoms with Crippen molar-refractivity contribution in [1.82, 2.24) is 10.2 Å². The minimum Gasteiger partial charge on any atom is -0.454 e. The number of hydrogen-bond acceptors (Lipinski definition) is 5. The first-order valence-electron chi connectivity index (χ1n) is 6.71.